The van der Waals surface area contributed by atoms with Crippen LogP contribution in [0.25, 0.3) is 0 Å². The van der Waals surface area contributed by atoms with Crippen molar-refractivity contribution in [3.63, 3.8) is 0 Å². The Morgan fingerprint density at radius 2 is 2.18 bits per heavy atom. The Morgan fingerprint density at radius 1 is 1.55 bits per heavy atom. The molecular weight excluding hydrogens is 140 g/mol. The summed E-state index contributed by atoms with van der Waals surface area (Å²) in [4.78, 5) is 0. The van der Waals surface area contributed by atoms with Crippen molar-refractivity contribution in [3.05, 3.63) is 11.6 Å². The van der Waals surface area contributed by atoms with E-state index < -0.39 is 5.79 Å². The van der Waals surface area contributed by atoms with Crippen LogP contribution in [0.3, 0.4) is 0 Å². The summed E-state index contributed by atoms with van der Waals surface area (Å²) in [5.41, 5.74) is 1.22. The van der Waals surface area contributed by atoms with Crippen LogP contribution in [0.1, 0.15) is 27.7 Å². The largest absolute Gasteiger partial charge is 0.344 e. The number of allylic oxidation sites excluding steroid dienone is 1. The average Bonchev–Trinajstić information content (AvgIpc) is 2.08. The fourth-order valence-corrected chi connectivity index (χ4v) is 1.35. The zero-order chi connectivity index (χ0) is 8.48. The van der Waals surface area contributed by atoms with Gasteiger partial charge in [0.15, 0.2) is 5.79 Å². The van der Waals surface area contributed by atoms with Crippen molar-refractivity contribution in [1.29, 1.82) is 0 Å². The van der Waals surface area contributed by atoms with Crippen molar-refractivity contribution in [3.8, 4) is 0 Å². The average molecular weight is 156 g/mol. The van der Waals surface area contributed by atoms with Gasteiger partial charge in [-0.15, -0.1) is 0 Å². The third kappa shape index (κ3) is 2.31. The second kappa shape index (κ2) is 2.95. The highest BCUT2D eigenvalue weighted by molar-refractivity contribution is 5.03. The van der Waals surface area contributed by atoms with E-state index in [4.69, 9.17) is 9.47 Å². The fourth-order valence-electron chi connectivity index (χ4n) is 1.35. The monoisotopic (exact) mass is 156 g/mol. The predicted molar refractivity (Wildman–Crippen MR) is 44.3 cm³/mol. The Morgan fingerprint density at radius 3 is 2.55 bits per heavy atom. The van der Waals surface area contributed by atoms with Gasteiger partial charge in [-0.25, -0.2) is 0 Å². The zero-order valence-corrected chi connectivity index (χ0v) is 7.68. The van der Waals surface area contributed by atoms with Crippen molar-refractivity contribution in [2.24, 2.45) is 0 Å². The second-order valence-electron chi connectivity index (χ2n) is 3.48. The van der Waals surface area contributed by atoms with E-state index >= 15 is 0 Å². The number of hydrogen-bond donors (Lipinski definition) is 0. The van der Waals surface area contributed by atoms with Crippen LogP contribution in [0.15, 0.2) is 11.6 Å². The van der Waals surface area contributed by atoms with Crippen LogP contribution in [-0.4, -0.2) is 18.5 Å². The fraction of sp³-hybridized carbons (Fsp3) is 0.778. The lowest BCUT2D eigenvalue weighted by Crippen LogP contribution is -2.23. The van der Waals surface area contributed by atoms with E-state index in [1.54, 1.807) is 0 Å². The maximum absolute atomic E-state index is 5.56. The van der Waals surface area contributed by atoms with Gasteiger partial charge >= 0.3 is 0 Å². The highest BCUT2D eigenvalue weighted by Crippen LogP contribution is 2.25. The molecule has 0 aromatic carbocycles. The van der Waals surface area contributed by atoms with Crippen LogP contribution in [0.5, 0.6) is 0 Å². The molecule has 2 nitrogen and oxygen atoms in total. The van der Waals surface area contributed by atoms with Gasteiger partial charge in [0.05, 0.1) is 12.7 Å². The smallest absolute Gasteiger partial charge is 0.185 e. The molecule has 0 N–H and O–H groups in total. The molecule has 1 rings (SSSR count). The molecule has 0 bridgehead atoms. The molecule has 11 heavy (non-hydrogen) atoms. The van der Waals surface area contributed by atoms with E-state index in [1.807, 2.05) is 33.8 Å². The molecule has 0 aromatic heterocycles. The molecule has 0 spiro atoms. The summed E-state index contributed by atoms with van der Waals surface area (Å²) in [5.74, 6) is -0.474. The quantitative estimate of drug-likeness (QED) is 0.541. The lowest BCUT2D eigenvalue weighted by Gasteiger charge is -2.18. The van der Waals surface area contributed by atoms with Gasteiger partial charge in [0, 0.05) is 0 Å². The third-order valence-corrected chi connectivity index (χ3v) is 1.59. The van der Waals surface area contributed by atoms with Gasteiger partial charge in [-0.3, -0.25) is 0 Å². The first-order chi connectivity index (χ1) is 5.02. The minimum absolute atomic E-state index is 0.218. The van der Waals surface area contributed by atoms with Gasteiger partial charge < -0.3 is 9.47 Å². The highest BCUT2D eigenvalue weighted by Gasteiger charge is 2.32. The van der Waals surface area contributed by atoms with Crippen LogP contribution in [0.2, 0.25) is 0 Å². The van der Waals surface area contributed by atoms with E-state index in [1.165, 1.54) is 5.57 Å². The van der Waals surface area contributed by atoms with Gasteiger partial charge in [0.1, 0.15) is 0 Å². The molecule has 2 heteroatoms. The maximum atomic E-state index is 5.56. The minimum atomic E-state index is -0.474. The number of hydrogen-bond acceptors (Lipinski definition) is 2. The molecule has 1 aliphatic rings. The first kappa shape index (κ1) is 8.75. The molecule has 0 aromatic rings. The highest BCUT2D eigenvalue weighted by atomic mass is 16.7. The first-order valence-corrected chi connectivity index (χ1v) is 4.00. The molecule has 1 heterocycles. The number of rotatable bonds is 1. The van der Waals surface area contributed by atoms with E-state index in [0.29, 0.717) is 6.61 Å². The van der Waals surface area contributed by atoms with Crippen LogP contribution in [0, 0.1) is 0 Å². The Bertz CT molecular complexity index is 170. The van der Waals surface area contributed by atoms with E-state index in [0.717, 1.165) is 0 Å². The van der Waals surface area contributed by atoms with Crippen molar-refractivity contribution < 1.29 is 9.47 Å². The summed E-state index contributed by atoms with van der Waals surface area (Å²) in [6.07, 6.45) is 2.23. The van der Waals surface area contributed by atoms with Crippen LogP contribution in [-0.2, 0) is 9.47 Å². The molecule has 2 atom stereocenters. The summed E-state index contributed by atoms with van der Waals surface area (Å²) in [6.45, 7) is 8.75. The molecule has 0 aliphatic carbocycles. The summed E-state index contributed by atoms with van der Waals surface area (Å²) in [7, 11) is 0. The van der Waals surface area contributed by atoms with Gasteiger partial charge in [0.25, 0.3) is 0 Å². The second-order valence-corrected chi connectivity index (χ2v) is 3.48. The molecule has 64 valence electrons. The lowest BCUT2D eigenvalue weighted by atomic mass is 10.2. The minimum Gasteiger partial charge on any atom is -0.344 e. The maximum Gasteiger partial charge on any atom is 0.185 e. The van der Waals surface area contributed by atoms with Crippen LogP contribution < -0.4 is 0 Å². The Labute approximate surface area is 68.2 Å². The molecule has 0 amide bonds. The Balaban J connectivity index is 2.62. The predicted octanol–water partition coefficient (Wildman–Crippen LogP) is 2.10. The standard InChI is InChI=1S/C9H16O2/c1-7(2)5-9(4)10-6-8(3)11-9/h5,8H,6H2,1-4H3. The van der Waals surface area contributed by atoms with E-state index in [9.17, 15) is 0 Å². The molecule has 1 saturated heterocycles. The van der Waals surface area contributed by atoms with Crippen LogP contribution in [0.4, 0.5) is 0 Å². The lowest BCUT2D eigenvalue weighted by molar-refractivity contribution is -0.111. The first-order valence-electron chi connectivity index (χ1n) is 4.00. The van der Waals surface area contributed by atoms with Crippen molar-refractivity contribution in [2.75, 3.05) is 6.61 Å². The summed E-state index contributed by atoms with van der Waals surface area (Å²) in [5, 5.41) is 0. The van der Waals surface area contributed by atoms with Gasteiger partial charge in [-0.1, -0.05) is 5.57 Å². The van der Waals surface area contributed by atoms with Gasteiger partial charge in [-0.05, 0) is 33.8 Å². The van der Waals surface area contributed by atoms with Crippen molar-refractivity contribution in [1.82, 2.24) is 0 Å². The Hall–Kier alpha value is -0.340. The van der Waals surface area contributed by atoms with Crippen LogP contribution >= 0.6 is 0 Å². The SMILES string of the molecule is CC(C)=CC1(C)OCC(C)O1. The number of ether oxygens (including phenoxy) is 2. The van der Waals surface area contributed by atoms with E-state index in [2.05, 4.69) is 0 Å². The summed E-state index contributed by atoms with van der Waals surface area (Å²) < 4.78 is 11.0. The van der Waals surface area contributed by atoms with Crippen molar-refractivity contribution in [2.45, 2.75) is 39.6 Å². The molecule has 1 fully saturated rings. The zero-order valence-electron chi connectivity index (χ0n) is 7.68. The summed E-state index contributed by atoms with van der Waals surface area (Å²) >= 11 is 0. The third-order valence-electron chi connectivity index (χ3n) is 1.59. The molecule has 2 unspecified atom stereocenters. The Kier molecular flexibility index (Phi) is 2.35. The van der Waals surface area contributed by atoms with Gasteiger partial charge in [-0.2, -0.15) is 0 Å². The molecular formula is C9H16O2. The topological polar surface area (TPSA) is 18.5 Å². The summed E-state index contributed by atoms with van der Waals surface area (Å²) in [6, 6.07) is 0. The normalized spacial score (nSPS) is 37.3. The van der Waals surface area contributed by atoms with E-state index in [-0.39, 0.29) is 6.10 Å². The molecule has 1 aliphatic heterocycles. The molecule has 0 saturated carbocycles. The van der Waals surface area contributed by atoms with Crippen molar-refractivity contribution >= 4 is 0 Å². The van der Waals surface area contributed by atoms with Gasteiger partial charge in [0.2, 0.25) is 0 Å². The molecule has 0 radical (unpaired) electrons.